The van der Waals surface area contributed by atoms with E-state index in [0.717, 1.165) is 34.9 Å². The molecule has 0 aromatic carbocycles. The van der Waals surface area contributed by atoms with Crippen molar-refractivity contribution in [3.05, 3.63) is 102 Å². The summed E-state index contributed by atoms with van der Waals surface area (Å²) in [6, 6.07) is 0. The molecule has 0 atom stereocenters. The molecule has 3 nitrogen and oxygen atoms in total. The first-order valence-corrected chi connectivity index (χ1v) is 9.43. The van der Waals surface area contributed by atoms with Gasteiger partial charge in [-0.15, -0.1) is 11.3 Å². The lowest BCUT2D eigenvalue weighted by Crippen LogP contribution is -2.04. The Balaban J connectivity index is 2.19. The molecule has 0 unspecified atom stereocenters. The number of allylic oxidation sites excluding steroid dienone is 10. The zero-order chi connectivity index (χ0) is 18.8. The maximum absolute atomic E-state index is 4.78. The van der Waals surface area contributed by atoms with Gasteiger partial charge in [-0.3, -0.25) is 0 Å². The van der Waals surface area contributed by atoms with E-state index in [1.165, 1.54) is 5.57 Å². The molecule has 2 rings (SSSR count). The summed E-state index contributed by atoms with van der Waals surface area (Å²) in [4.78, 5) is 9.10. The average molecular weight is 364 g/mol. The molecule has 2 heterocycles. The van der Waals surface area contributed by atoms with E-state index in [9.17, 15) is 0 Å². The monoisotopic (exact) mass is 363 g/mol. The number of hydrogen-bond acceptors (Lipinski definition) is 3. The quantitative estimate of drug-likeness (QED) is 0.530. The van der Waals surface area contributed by atoms with Crippen LogP contribution >= 0.6 is 11.3 Å². The Morgan fingerprint density at radius 2 is 1.92 bits per heavy atom. The SMILES string of the molecule is C=C/C=C(\C=C/C)Cn1cncc1Cc1nc(C(/C=C\C)=C/C=C)cs1. The molecule has 0 spiro atoms. The van der Waals surface area contributed by atoms with Crippen LogP contribution in [0.1, 0.15) is 30.2 Å². The minimum atomic E-state index is 0.763. The first kappa shape index (κ1) is 19.6. The van der Waals surface area contributed by atoms with Crippen molar-refractivity contribution < 1.29 is 0 Å². The van der Waals surface area contributed by atoms with Crippen molar-refractivity contribution in [2.75, 3.05) is 0 Å². The number of imidazole rings is 1. The number of aromatic nitrogens is 3. The summed E-state index contributed by atoms with van der Waals surface area (Å²) in [6.45, 7) is 12.4. The molecule has 0 aliphatic carbocycles. The molecule has 0 aliphatic rings. The van der Waals surface area contributed by atoms with Crippen molar-refractivity contribution >= 4 is 16.9 Å². The van der Waals surface area contributed by atoms with Gasteiger partial charge in [0, 0.05) is 35.8 Å². The summed E-state index contributed by atoms with van der Waals surface area (Å²) in [6.07, 6.45) is 20.3. The predicted molar refractivity (Wildman–Crippen MR) is 113 cm³/mol. The third kappa shape index (κ3) is 5.39. The van der Waals surface area contributed by atoms with Crippen LogP contribution in [0.3, 0.4) is 0 Å². The van der Waals surface area contributed by atoms with Crippen molar-refractivity contribution in [2.24, 2.45) is 0 Å². The van der Waals surface area contributed by atoms with E-state index in [0.29, 0.717) is 0 Å². The first-order chi connectivity index (χ1) is 12.7. The van der Waals surface area contributed by atoms with Gasteiger partial charge >= 0.3 is 0 Å². The van der Waals surface area contributed by atoms with E-state index < -0.39 is 0 Å². The number of nitrogens with zero attached hydrogens (tertiary/aromatic N) is 3. The molecule has 0 saturated heterocycles. The van der Waals surface area contributed by atoms with Crippen LogP contribution in [0.4, 0.5) is 0 Å². The van der Waals surface area contributed by atoms with Gasteiger partial charge < -0.3 is 4.57 Å². The smallest absolute Gasteiger partial charge is 0.0992 e. The fourth-order valence-electron chi connectivity index (χ4n) is 2.57. The lowest BCUT2D eigenvalue weighted by molar-refractivity contribution is 0.751. The van der Waals surface area contributed by atoms with Gasteiger partial charge in [-0.1, -0.05) is 61.8 Å². The summed E-state index contributed by atoms with van der Waals surface area (Å²) in [5.74, 6) is 0. The second-order valence-corrected chi connectivity index (χ2v) is 6.59. The largest absolute Gasteiger partial charge is 0.330 e. The van der Waals surface area contributed by atoms with Gasteiger partial charge in [-0.2, -0.15) is 0 Å². The fourth-order valence-corrected chi connectivity index (χ4v) is 3.39. The molecule has 0 fully saturated rings. The fraction of sp³-hybridized carbons (Fsp3) is 0.182. The second kappa shape index (κ2) is 10.3. The zero-order valence-electron chi connectivity index (χ0n) is 15.4. The van der Waals surface area contributed by atoms with Gasteiger partial charge in [0.05, 0.1) is 17.0 Å². The van der Waals surface area contributed by atoms with Crippen LogP contribution in [0.2, 0.25) is 0 Å². The van der Waals surface area contributed by atoms with Crippen LogP contribution in [0.5, 0.6) is 0 Å². The van der Waals surface area contributed by atoms with Gasteiger partial charge in [0.25, 0.3) is 0 Å². The molecule has 26 heavy (non-hydrogen) atoms. The Kier molecular flexibility index (Phi) is 7.77. The molecular formula is C22H25N3S. The summed E-state index contributed by atoms with van der Waals surface area (Å²) in [5, 5.41) is 3.16. The highest BCUT2D eigenvalue weighted by Crippen LogP contribution is 2.22. The lowest BCUT2D eigenvalue weighted by Gasteiger charge is -2.08. The molecule has 0 bridgehead atoms. The van der Waals surface area contributed by atoms with Crippen LogP contribution in [0.25, 0.3) is 5.57 Å². The predicted octanol–water partition coefficient (Wildman–Crippen LogP) is 5.76. The van der Waals surface area contributed by atoms with E-state index >= 15 is 0 Å². The van der Waals surface area contributed by atoms with Crippen molar-refractivity contribution in [1.82, 2.24) is 14.5 Å². The standard InChI is InChI=1S/C22H25N3S/c1-5-9-18(10-6-2)15-25-17-23-14-20(25)13-22-24-21(16-26-22)19(11-7-3)12-8-4/h5-12,14,16-17H,1,3,13,15H2,2,4H3/b10-6-,12-8-,18-9+,19-11+. The maximum Gasteiger partial charge on any atom is 0.0992 e. The first-order valence-electron chi connectivity index (χ1n) is 8.55. The molecule has 0 N–H and O–H groups in total. The lowest BCUT2D eigenvalue weighted by atomic mass is 10.2. The highest BCUT2D eigenvalue weighted by molar-refractivity contribution is 7.09. The Bertz CT molecular complexity index is 860. The Hall–Kier alpha value is -2.72. The zero-order valence-corrected chi connectivity index (χ0v) is 16.2. The number of thiazole rings is 1. The Morgan fingerprint density at radius 1 is 1.15 bits per heavy atom. The van der Waals surface area contributed by atoms with E-state index in [1.54, 1.807) is 17.4 Å². The summed E-state index contributed by atoms with van der Waals surface area (Å²) in [7, 11) is 0. The van der Waals surface area contributed by atoms with Crippen molar-refractivity contribution in [3.8, 4) is 0 Å². The van der Waals surface area contributed by atoms with Crippen LogP contribution in [-0.4, -0.2) is 14.5 Å². The topological polar surface area (TPSA) is 30.7 Å². The Morgan fingerprint density at radius 3 is 2.62 bits per heavy atom. The van der Waals surface area contributed by atoms with Gasteiger partial charge in [-0.25, -0.2) is 9.97 Å². The molecule has 0 amide bonds. The highest BCUT2D eigenvalue weighted by Gasteiger charge is 2.09. The van der Waals surface area contributed by atoms with Gasteiger partial charge in [0.15, 0.2) is 0 Å². The van der Waals surface area contributed by atoms with Crippen LogP contribution in [-0.2, 0) is 13.0 Å². The molecule has 0 aliphatic heterocycles. The maximum atomic E-state index is 4.78. The van der Waals surface area contributed by atoms with Gasteiger partial charge in [0.1, 0.15) is 0 Å². The Labute approximate surface area is 160 Å². The van der Waals surface area contributed by atoms with Gasteiger partial charge in [0.2, 0.25) is 0 Å². The number of hydrogen-bond donors (Lipinski definition) is 0. The normalized spacial score (nSPS) is 13.0. The molecular weight excluding hydrogens is 338 g/mol. The third-order valence-corrected chi connectivity index (χ3v) is 4.54. The minimum absolute atomic E-state index is 0.763. The van der Waals surface area contributed by atoms with Gasteiger partial charge in [-0.05, 0) is 19.4 Å². The molecule has 0 saturated carbocycles. The van der Waals surface area contributed by atoms with E-state index in [4.69, 9.17) is 4.98 Å². The summed E-state index contributed by atoms with van der Waals surface area (Å²) in [5.41, 5.74) is 4.38. The third-order valence-electron chi connectivity index (χ3n) is 3.69. The molecule has 2 aromatic heterocycles. The summed E-state index contributed by atoms with van der Waals surface area (Å²) < 4.78 is 2.16. The molecule has 0 radical (unpaired) electrons. The van der Waals surface area contributed by atoms with Crippen molar-refractivity contribution in [2.45, 2.75) is 26.8 Å². The van der Waals surface area contributed by atoms with E-state index in [1.807, 2.05) is 62.8 Å². The molecule has 4 heteroatoms. The van der Waals surface area contributed by atoms with E-state index in [2.05, 4.69) is 34.2 Å². The van der Waals surface area contributed by atoms with Crippen LogP contribution in [0.15, 0.2) is 85.2 Å². The van der Waals surface area contributed by atoms with Crippen LogP contribution < -0.4 is 0 Å². The number of rotatable bonds is 9. The van der Waals surface area contributed by atoms with E-state index in [-0.39, 0.29) is 0 Å². The van der Waals surface area contributed by atoms with Crippen molar-refractivity contribution in [1.29, 1.82) is 0 Å². The second-order valence-electron chi connectivity index (χ2n) is 5.65. The van der Waals surface area contributed by atoms with Crippen molar-refractivity contribution in [3.63, 3.8) is 0 Å². The average Bonchev–Trinajstić information content (AvgIpc) is 3.26. The summed E-state index contributed by atoms with van der Waals surface area (Å²) >= 11 is 1.67. The highest BCUT2D eigenvalue weighted by atomic mass is 32.1. The van der Waals surface area contributed by atoms with Crippen LogP contribution in [0, 0.1) is 0 Å². The molecule has 134 valence electrons. The molecule has 2 aromatic rings. The minimum Gasteiger partial charge on any atom is -0.330 e.